The summed E-state index contributed by atoms with van der Waals surface area (Å²) in [5, 5.41) is 3.52. The first kappa shape index (κ1) is 10.5. The van der Waals surface area contributed by atoms with Gasteiger partial charge in [0, 0.05) is 11.6 Å². The van der Waals surface area contributed by atoms with Gasteiger partial charge in [-0.05, 0) is 37.9 Å². The molecule has 0 amide bonds. The normalized spacial score (nSPS) is 20.3. The van der Waals surface area contributed by atoms with Crippen LogP contribution >= 0.6 is 0 Å². The van der Waals surface area contributed by atoms with Gasteiger partial charge in [-0.1, -0.05) is 19.1 Å². The van der Waals surface area contributed by atoms with Crippen molar-refractivity contribution in [2.45, 2.75) is 32.7 Å². The molecule has 0 aromatic heterocycles. The van der Waals surface area contributed by atoms with Gasteiger partial charge < -0.3 is 10.1 Å². The molecule has 2 heteroatoms. The van der Waals surface area contributed by atoms with Crippen molar-refractivity contribution in [2.24, 2.45) is 0 Å². The topological polar surface area (TPSA) is 21.3 Å². The molecular formula is C13H19NO. The van der Waals surface area contributed by atoms with Gasteiger partial charge in [0.2, 0.25) is 0 Å². The van der Waals surface area contributed by atoms with Crippen LogP contribution < -0.4 is 10.1 Å². The van der Waals surface area contributed by atoms with Crippen LogP contribution in [0.4, 0.5) is 0 Å². The van der Waals surface area contributed by atoms with Gasteiger partial charge >= 0.3 is 0 Å². The maximum absolute atomic E-state index is 5.77. The van der Waals surface area contributed by atoms with Gasteiger partial charge in [0.25, 0.3) is 0 Å². The van der Waals surface area contributed by atoms with Crippen LogP contribution in [0.5, 0.6) is 5.75 Å². The van der Waals surface area contributed by atoms with E-state index in [1.54, 1.807) is 0 Å². The number of hydrogen-bond donors (Lipinski definition) is 1. The first-order chi connectivity index (χ1) is 7.31. The van der Waals surface area contributed by atoms with Crippen molar-refractivity contribution in [2.75, 3.05) is 13.2 Å². The minimum Gasteiger partial charge on any atom is -0.493 e. The number of benzene rings is 1. The molecule has 1 aliphatic rings. The molecule has 2 nitrogen and oxygen atoms in total. The Balaban J connectivity index is 2.32. The first-order valence-electron chi connectivity index (χ1n) is 5.78. The van der Waals surface area contributed by atoms with Gasteiger partial charge in [-0.15, -0.1) is 0 Å². The fraction of sp³-hybridized carbons (Fsp3) is 0.538. The number of rotatable bonds is 2. The Bertz CT molecular complexity index is 335. The number of hydrogen-bond acceptors (Lipinski definition) is 2. The number of fused-ring (bicyclic) bond motifs is 1. The van der Waals surface area contributed by atoms with Crippen LogP contribution in [0.25, 0.3) is 0 Å². The van der Waals surface area contributed by atoms with Gasteiger partial charge in [0.05, 0.1) is 6.61 Å². The van der Waals surface area contributed by atoms with Crippen molar-refractivity contribution in [1.29, 1.82) is 0 Å². The molecule has 1 aromatic rings. The zero-order valence-electron chi connectivity index (χ0n) is 9.55. The van der Waals surface area contributed by atoms with Gasteiger partial charge in [-0.2, -0.15) is 0 Å². The van der Waals surface area contributed by atoms with E-state index >= 15 is 0 Å². The molecule has 82 valence electrons. The lowest BCUT2D eigenvalue weighted by Gasteiger charge is -2.17. The van der Waals surface area contributed by atoms with Crippen LogP contribution in [0.1, 0.15) is 36.9 Å². The standard InChI is InChI=1S/C13H19NO/c1-3-14-12-5-4-8-15-13-9-10(2)6-7-11(12)13/h6-7,9,12,14H,3-5,8H2,1-2H3. The molecule has 1 heterocycles. The van der Waals surface area contributed by atoms with Crippen molar-refractivity contribution < 1.29 is 4.74 Å². The smallest absolute Gasteiger partial charge is 0.124 e. The van der Waals surface area contributed by atoms with E-state index in [0.29, 0.717) is 6.04 Å². The molecule has 0 fully saturated rings. The maximum Gasteiger partial charge on any atom is 0.124 e. The second kappa shape index (κ2) is 4.67. The second-order valence-corrected chi connectivity index (χ2v) is 4.14. The molecule has 0 bridgehead atoms. The van der Waals surface area contributed by atoms with E-state index in [1.807, 2.05) is 0 Å². The number of nitrogens with one attached hydrogen (secondary N) is 1. The third kappa shape index (κ3) is 2.32. The highest BCUT2D eigenvalue weighted by molar-refractivity contribution is 5.39. The lowest BCUT2D eigenvalue weighted by Crippen LogP contribution is -2.20. The van der Waals surface area contributed by atoms with Crippen molar-refractivity contribution in [3.05, 3.63) is 29.3 Å². The van der Waals surface area contributed by atoms with Crippen LogP contribution in [0.15, 0.2) is 18.2 Å². The molecule has 0 aliphatic carbocycles. The van der Waals surface area contributed by atoms with Crippen LogP contribution in [0, 0.1) is 6.92 Å². The summed E-state index contributed by atoms with van der Waals surface area (Å²) in [6.07, 6.45) is 2.30. The van der Waals surface area contributed by atoms with Crippen molar-refractivity contribution in [3.8, 4) is 5.75 Å². The molecule has 1 unspecified atom stereocenters. The summed E-state index contributed by atoms with van der Waals surface area (Å²) < 4.78 is 5.77. The van der Waals surface area contributed by atoms with Gasteiger partial charge in [0.15, 0.2) is 0 Å². The Morgan fingerprint density at radius 1 is 1.47 bits per heavy atom. The monoisotopic (exact) mass is 205 g/mol. The average molecular weight is 205 g/mol. The fourth-order valence-corrected chi connectivity index (χ4v) is 2.14. The van der Waals surface area contributed by atoms with Crippen molar-refractivity contribution in [1.82, 2.24) is 5.32 Å². The minimum atomic E-state index is 0.466. The van der Waals surface area contributed by atoms with Crippen molar-refractivity contribution >= 4 is 0 Å². The summed E-state index contributed by atoms with van der Waals surface area (Å²) >= 11 is 0. The van der Waals surface area contributed by atoms with E-state index in [1.165, 1.54) is 17.5 Å². The van der Waals surface area contributed by atoms with Gasteiger partial charge in [0.1, 0.15) is 5.75 Å². The van der Waals surface area contributed by atoms with E-state index in [-0.39, 0.29) is 0 Å². The molecule has 1 atom stereocenters. The summed E-state index contributed by atoms with van der Waals surface area (Å²) in [5.41, 5.74) is 2.59. The van der Waals surface area contributed by atoms with E-state index in [9.17, 15) is 0 Å². The predicted molar refractivity (Wildman–Crippen MR) is 62.3 cm³/mol. The molecule has 0 spiro atoms. The van der Waals surface area contributed by atoms with E-state index in [0.717, 1.165) is 25.3 Å². The lowest BCUT2D eigenvalue weighted by atomic mass is 10.0. The quantitative estimate of drug-likeness (QED) is 0.801. The summed E-state index contributed by atoms with van der Waals surface area (Å²) in [6.45, 7) is 6.12. The SMILES string of the molecule is CCNC1CCCOc2cc(C)ccc21. The molecule has 0 radical (unpaired) electrons. The average Bonchev–Trinajstić information content (AvgIpc) is 2.41. The van der Waals surface area contributed by atoms with Crippen LogP contribution in [0.2, 0.25) is 0 Å². The highest BCUT2D eigenvalue weighted by Gasteiger charge is 2.18. The summed E-state index contributed by atoms with van der Waals surface area (Å²) in [4.78, 5) is 0. The molecule has 1 aromatic carbocycles. The Labute approximate surface area is 91.6 Å². The third-order valence-electron chi connectivity index (χ3n) is 2.89. The van der Waals surface area contributed by atoms with E-state index in [4.69, 9.17) is 4.74 Å². The summed E-state index contributed by atoms with van der Waals surface area (Å²) in [5.74, 6) is 1.07. The van der Waals surface area contributed by atoms with Gasteiger partial charge in [-0.25, -0.2) is 0 Å². The van der Waals surface area contributed by atoms with Crippen LogP contribution in [0.3, 0.4) is 0 Å². The van der Waals surface area contributed by atoms with Crippen LogP contribution in [-0.2, 0) is 0 Å². The molecule has 0 saturated heterocycles. The van der Waals surface area contributed by atoms with Gasteiger partial charge in [-0.3, -0.25) is 0 Å². The van der Waals surface area contributed by atoms with E-state index in [2.05, 4.69) is 37.4 Å². The highest BCUT2D eigenvalue weighted by atomic mass is 16.5. The Morgan fingerprint density at radius 3 is 3.13 bits per heavy atom. The van der Waals surface area contributed by atoms with Crippen LogP contribution in [-0.4, -0.2) is 13.2 Å². The number of ether oxygens (including phenoxy) is 1. The first-order valence-corrected chi connectivity index (χ1v) is 5.78. The lowest BCUT2D eigenvalue weighted by molar-refractivity contribution is 0.315. The molecule has 1 N–H and O–H groups in total. The predicted octanol–water partition coefficient (Wildman–Crippen LogP) is 2.82. The molecular weight excluding hydrogens is 186 g/mol. The molecule has 15 heavy (non-hydrogen) atoms. The number of aryl methyl sites for hydroxylation is 1. The van der Waals surface area contributed by atoms with E-state index < -0.39 is 0 Å². The largest absolute Gasteiger partial charge is 0.493 e. The third-order valence-corrected chi connectivity index (χ3v) is 2.89. The molecule has 0 saturated carbocycles. The highest BCUT2D eigenvalue weighted by Crippen LogP contribution is 2.31. The van der Waals surface area contributed by atoms with Crippen molar-refractivity contribution in [3.63, 3.8) is 0 Å². The molecule has 1 aliphatic heterocycles. The Hall–Kier alpha value is -1.02. The Kier molecular flexibility index (Phi) is 3.27. The second-order valence-electron chi connectivity index (χ2n) is 4.14. The Morgan fingerprint density at radius 2 is 2.33 bits per heavy atom. The molecule has 2 rings (SSSR count). The zero-order valence-corrected chi connectivity index (χ0v) is 9.55. The summed E-state index contributed by atoms with van der Waals surface area (Å²) in [7, 11) is 0. The maximum atomic E-state index is 5.77. The summed E-state index contributed by atoms with van der Waals surface area (Å²) in [6, 6.07) is 6.97. The minimum absolute atomic E-state index is 0.466. The fourth-order valence-electron chi connectivity index (χ4n) is 2.14. The zero-order chi connectivity index (χ0) is 10.7.